The number of nitrogens with zero attached hydrogens (tertiary/aromatic N) is 2. The van der Waals surface area contributed by atoms with Gasteiger partial charge in [-0.05, 0) is 62.4 Å². The molecule has 202 valence electrons. The second-order valence-electron chi connectivity index (χ2n) is 9.90. The van der Waals surface area contributed by atoms with Crippen molar-refractivity contribution in [1.82, 2.24) is 10.2 Å². The highest BCUT2D eigenvalue weighted by Gasteiger charge is 2.32. The van der Waals surface area contributed by atoms with Gasteiger partial charge in [0.25, 0.3) is 0 Å². The number of nitrogens with one attached hydrogen (secondary N) is 1. The maximum absolute atomic E-state index is 13.8. The average Bonchev–Trinajstić information content (AvgIpc) is 2.86. The molecule has 0 aromatic heterocycles. The van der Waals surface area contributed by atoms with Crippen LogP contribution in [-0.4, -0.2) is 57.1 Å². The Balaban J connectivity index is 1.90. The molecule has 1 N–H and O–H groups in total. The van der Waals surface area contributed by atoms with Gasteiger partial charge in [0.15, 0.2) is 0 Å². The summed E-state index contributed by atoms with van der Waals surface area (Å²) in [5.74, 6) is 0.00456. The number of ether oxygens (including phenoxy) is 1. The van der Waals surface area contributed by atoms with Crippen molar-refractivity contribution in [3.8, 4) is 5.75 Å². The predicted octanol–water partition coefficient (Wildman–Crippen LogP) is 3.94. The lowest BCUT2D eigenvalue weighted by Gasteiger charge is -2.33. The van der Waals surface area contributed by atoms with Gasteiger partial charge < -0.3 is 15.0 Å². The first-order valence-corrected chi connectivity index (χ1v) is 14.6. The number of anilines is 1. The molecule has 2 amide bonds. The van der Waals surface area contributed by atoms with Gasteiger partial charge in [-0.25, -0.2) is 8.42 Å². The minimum Gasteiger partial charge on any atom is -0.497 e. The molecular weight excluding hydrogens is 490 g/mol. The first-order valence-electron chi connectivity index (χ1n) is 12.8. The summed E-state index contributed by atoms with van der Waals surface area (Å²) in [6.45, 7) is 5.10. The Morgan fingerprint density at radius 3 is 2.16 bits per heavy atom. The van der Waals surface area contributed by atoms with Gasteiger partial charge in [0, 0.05) is 12.6 Å². The number of methoxy groups -OCH3 is 1. The van der Waals surface area contributed by atoms with E-state index in [1.165, 1.54) is 11.3 Å². The fraction of sp³-hybridized carbons (Fsp3) is 0.500. The molecule has 2 aromatic carbocycles. The summed E-state index contributed by atoms with van der Waals surface area (Å²) >= 11 is 0. The Hall–Kier alpha value is -3.07. The molecule has 3 rings (SSSR count). The number of sulfonamides is 1. The Morgan fingerprint density at radius 1 is 1.03 bits per heavy atom. The molecule has 2 aromatic rings. The summed E-state index contributed by atoms with van der Waals surface area (Å²) in [4.78, 5) is 28.5. The zero-order valence-electron chi connectivity index (χ0n) is 22.5. The van der Waals surface area contributed by atoms with Crippen molar-refractivity contribution >= 4 is 27.5 Å². The molecule has 0 spiro atoms. The van der Waals surface area contributed by atoms with Crippen molar-refractivity contribution in [2.75, 3.05) is 24.2 Å². The van der Waals surface area contributed by atoms with E-state index in [2.05, 4.69) is 5.32 Å². The van der Waals surface area contributed by atoms with Gasteiger partial charge in [0.2, 0.25) is 21.8 Å². The van der Waals surface area contributed by atoms with Crippen molar-refractivity contribution in [2.45, 2.75) is 71.5 Å². The number of para-hydroxylation sites is 1. The molecule has 9 heteroatoms. The van der Waals surface area contributed by atoms with Crippen molar-refractivity contribution in [1.29, 1.82) is 0 Å². The van der Waals surface area contributed by atoms with Crippen LogP contribution in [0.3, 0.4) is 0 Å². The van der Waals surface area contributed by atoms with Gasteiger partial charge in [-0.15, -0.1) is 0 Å². The summed E-state index contributed by atoms with van der Waals surface area (Å²) in [5, 5.41) is 3.11. The van der Waals surface area contributed by atoms with E-state index in [0.29, 0.717) is 11.4 Å². The molecule has 1 aliphatic rings. The molecule has 0 saturated heterocycles. The van der Waals surface area contributed by atoms with Crippen LogP contribution in [0.1, 0.15) is 55.7 Å². The van der Waals surface area contributed by atoms with Crippen LogP contribution in [0.25, 0.3) is 0 Å². The third kappa shape index (κ3) is 7.47. The minimum atomic E-state index is -3.77. The van der Waals surface area contributed by atoms with Gasteiger partial charge in [-0.2, -0.15) is 0 Å². The molecule has 8 nitrogen and oxygen atoms in total. The third-order valence-corrected chi connectivity index (χ3v) is 8.11. The largest absolute Gasteiger partial charge is 0.497 e. The standard InChI is InChI=1S/C28H39N3O5S/c1-20-10-9-11-21(2)27(20)31(37(5,34)35)19-26(32)30(18-23-14-16-25(36-4)17-15-23)22(3)28(33)29-24-12-7-6-8-13-24/h9-11,14-17,22,24H,6-8,12-13,18-19H2,1-5H3,(H,29,33)/t22-/m1/s1. The Kier molecular flexibility index (Phi) is 9.59. The molecule has 1 fully saturated rings. The average molecular weight is 530 g/mol. The topological polar surface area (TPSA) is 96.0 Å². The maximum atomic E-state index is 13.8. The quantitative estimate of drug-likeness (QED) is 0.503. The molecule has 0 aliphatic heterocycles. The monoisotopic (exact) mass is 529 g/mol. The fourth-order valence-electron chi connectivity index (χ4n) is 4.85. The summed E-state index contributed by atoms with van der Waals surface area (Å²) in [6.07, 6.45) is 6.28. The van der Waals surface area contributed by atoms with E-state index >= 15 is 0 Å². The van der Waals surface area contributed by atoms with Crippen molar-refractivity contribution in [3.05, 3.63) is 59.2 Å². The lowest BCUT2D eigenvalue weighted by atomic mass is 9.95. The second kappa shape index (κ2) is 12.4. The van der Waals surface area contributed by atoms with E-state index in [4.69, 9.17) is 4.74 Å². The van der Waals surface area contributed by atoms with E-state index in [0.717, 1.165) is 52.9 Å². The molecule has 1 saturated carbocycles. The molecule has 0 radical (unpaired) electrons. The lowest BCUT2D eigenvalue weighted by molar-refractivity contribution is -0.139. The van der Waals surface area contributed by atoms with E-state index in [1.807, 2.05) is 44.2 Å². The SMILES string of the molecule is COc1ccc(CN(C(=O)CN(c2c(C)cccc2C)S(C)(=O)=O)[C@H](C)C(=O)NC2CCCCC2)cc1. The van der Waals surface area contributed by atoms with Crippen LogP contribution in [0, 0.1) is 13.8 Å². The summed E-state index contributed by atoms with van der Waals surface area (Å²) < 4.78 is 32.1. The number of carbonyl (C=O) groups is 2. The number of amides is 2. The second-order valence-corrected chi connectivity index (χ2v) is 11.8. The first kappa shape index (κ1) is 28.5. The zero-order chi connectivity index (χ0) is 27.2. The smallest absolute Gasteiger partial charge is 0.244 e. The highest BCUT2D eigenvalue weighted by atomic mass is 32.2. The number of benzene rings is 2. The number of carbonyl (C=O) groups excluding carboxylic acids is 2. The summed E-state index contributed by atoms with van der Waals surface area (Å²) in [6, 6.07) is 12.1. The highest BCUT2D eigenvalue weighted by molar-refractivity contribution is 7.92. The van der Waals surface area contributed by atoms with E-state index < -0.39 is 28.5 Å². The van der Waals surface area contributed by atoms with Gasteiger partial charge >= 0.3 is 0 Å². The fourth-order valence-corrected chi connectivity index (χ4v) is 5.82. The van der Waals surface area contributed by atoms with Crippen LogP contribution in [-0.2, 0) is 26.2 Å². The van der Waals surface area contributed by atoms with Crippen LogP contribution >= 0.6 is 0 Å². The molecule has 0 heterocycles. The lowest BCUT2D eigenvalue weighted by Crippen LogP contribution is -2.53. The molecule has 0 bridgehead atoms. The molecule has 37 heavy (non-hydrogen) atoms. The van der Waals surface area contributed by atoms with Gasteiger partial charge in [-0.3, -0.25) is 13.9 Å². The van der Waals surface area contributed by atoms with E-state index in [9.17, 15) is 18.0 Å². The van der Waals surface area contributed by atoms with Crippen LogP contribution in [0.4, 0.5) is 5.69 Å². The normalized spacial score (nSPS) is 15.1. The number of hydrogen-bond donors (Lipinski definition) is 1. The van der Waals surface area contributed by atoms with E-state index in [1.54, 1.807) is 26.2 Å². The Bertz CT molecular complexity index is 1170. The van der Waals surface area contributed by atoms with Crippen molar-refractivity contribution in [3.63, 3.8) is 0 Å². The molecule has 1 aliphatic carbocycles. The van der Waals surface area contributed by atoms with Gasteiger partial charge in [0.1, 0.15) is 18.3 Å². The summed E-state index contributed by atoms with van der Waals surface area (Å²) in [7, 11) is -2.19. The summed E-state index contributed by atoms with van der Waals surface area (Å²) in [5.41, 5.74) is 2.80. The maximum Gasteiger partial charge on any atom is 0.244 e. The Labute approximate surface area is 221 Å². The van der Waals surface area contributed by atoms with Crippen LogP contribution in [0.2, 0.25) is 0 Å². The van der Waals surface area contributed by atoms with Crippen molar-refractivity contribution < 1.29 is 22.7 Å². The van der Waals surface area contributed by atoms with Crippen LogP contribution in [0.15, 0.2) is 42.5 Å². The Morgan fingerprint density at radius 2 is 1.62 bits per heavy atom. The third-order valence-electron chi connectivity index (χ3n) is 7.00. The number of hydrogen-bond acceptors (Lipinski definition) is 5. The molecule has 1 atom stereocenters. The van der Waals surface area contributed by atoms with Gasteiger partial charge in [-0.1, -0.05) is 49.6 Å². The minimum absolute atomic E-state index is 0.101. The first-order chi connectivity index (χ1) is 17.5. The predicted molar refractivity (Wildman–Crippen MR) is 146 cm³/mol. The van der Waals surface area contributed by atoms with Gasteiger partial charge in [0.05, 0.1) is 19.1 Å². The number of rotatable bonds is 10. The highest BCUT2D eigenvalue weighted by Crippen LogP contribution is 2.27. The molecule has 0 unspecified atom stereocenters. The zero-order valence-corrected chi connectivity index (χ0v) is 23.3. The van der Waals surface area contributed by atoms with E-state index in [-0.39, 0.29) is 18.5 Å². The van der Waals surface area contributed by atoms with Crippen molar-refractivity contribution in [2.24, 2.45) is 0 Å². The number of aryl methyl sites for hydroxylation is 2. The van der Waals surface area contributed by atoms with Crippen LogP contribution < -0.4 is 14.4 Å². The van der Waals surface area contributed by atoms with Crippen LogP contribution in [0.5, 0.6) is 5.75 Å². The molecular formula is C28H39N3O5S.